The monoisotopic (exact) mass is 264 g/mol. The number of pyridine rings is 1. The summed E-state index contributed by atoms with van der Waals surface area (Å²) in [5.74, 6) is 0.196. The third-order valence-electron chi connectivity index (χ3n) is 3.67. The van der Waals surface area contributed by atoms with Crippen LogP contribution in [-0.4, -0.2) is 40.9 Å². The number of aliphatic hydroxyl groups excluding tert-OH is 1. The van der Waals surface area contributed by atoms with Gasteiger partial charge in [-0.25, -0.2) is 9.78 Å². The van der Waals surface area contributed by atoms with Gasteiger partial charge in [0.2, 0.25) is 0 Å². The van der Waals surface area contributed by atoms with Crippen molar-refractivity contribution in [2.75, 3.05) is 24.6 Å². The van der Waals surface area contributed by atoms with Gasteiger partial charge in [0.05, 0.1) is 5.56 Å². The van der Waals surface area contributed by atoms with Crippen molar-refractivity contribution in [3.05, 3.63) is 23.4 Å². The normalized spacial score (nSPS) is 16.6. The highest BCUT2D eigenvalue weighted by molar-refractivity contribution is 5.88. The molecule has 0 saturated carbocycles. The Labute approximate surface area is 112 Å². The maximum atomic E-state index is 11.1. The molecule has 0 atom stereocenters. The van der Waals surface area contributed by atoms with Crippen molar-refractivity contribution in [3.8, 4) is 0 Å². The first-order valence-corrected chi connectivity index (χ1v) is 6.74. The average molecular weight is 264 g/mol. The molecule has 0 aliphatic carbocycles. The number of aromatic carboxylic acids is 1. The maximum Gasteiger partial charge on any atom is 0.335 e. The molecule has 104 valence electrons. The molecule has 0 radical (unpaired) electrons. The molecule has 1 aliphatic heterocycles. The van der Waals surface area contributed by atoms with Crippen molar-refractivity contribution in [2.24, 2.45) is 5.92 Å². The van der Waals surface area contributed by atoms with Gasteiger partial charge in [0.1, 0.15) is 5.82 Å². The van der Waals surface area contributed by atoms with Gasteiger partial charge in [-0.1, -0.05) is 6.92 Å². The number of carboxylic acid groups (broad SMARTS) is 1. The second-order valence-electron chi connectivity index (χ2n) is 4.98. The number of aliphatic hydroxyl groups is 1. The highest BCUT2D eigenvalue weighted by atomic mass is 16.4. The van der Waals surface area contributed by atoms with E-state index < -0.39 is 5.97 Å². The van der Waals surface area contributed by atoms with E-state index in [9.17, 15) is 4.79 Å². The van der Waals surface area contributed by atoms with Crippen molar-refractivity contribution in [2.45, 2.75) is 26.2 Å². The van der Waals surface area contributed by atoms with Crippen LogP contribution in [0.2, 0.25) is 0 Å². The molecule has 2 N–H and O–H groups in total. The SMILES string of the molecule is CCc1cc(C(=O)O)cc(N2CCC(CO)CC2)n1. The van der Waals surface area contributed by atoms with Gasteiger partial charge in [-0.3, -0.25) is 0 Å². The van der Waals surface area contributed by atoms with Crippen molar-refractivity contribution in [1.82, 2.24) is 4.98 Å². The van der Waals surface area contributed by atoms with Gasteiger partial charge in [-0.2, -0.15) is 0 Å². The van der Waals surface area contributed by atoms with Gasteiger partial charge in [-0.05, 0) is 37.3 Å². The number of hydrogen-bond donors (Lipinski definition) is 2. The zero-order valence-electron chi connectivity index (χ0n) is 11.2. The highest BCUT2D eigenvalue weighted by Crippen LogP contribution is 2.23. The van der Waals surface area contributed by atoms with Crippen molar-refractivity contribution in [3.63, 3.8) is 0 Å². The molecule has 5 nitrogen and oxygen atoms in total. The number of aryl methyl sites for hydroxylation is 1. The fraction of sp³-hybridized carbons (Fsp3) is 0.571. The first-order chi connectivity index (χ1) is 9.13. The predicted molar refractivity (Wildman–Crippen MR) is 72.6 cm³/mol. The second kappa shape index (κ2) is 6.02. The molecule has 0 unspecified atom stereocenters. The number of carbonyl (C=O) groups is 1. The molecular formula is C14H20N2O3. The lowest BCUT2D eigenvalue weighted by Crippen LogP contribution is -2.35. The summed E-state index contributed by atoms with van der Waals surface area (Å²) in [6.45, 7) is 3.85. The van der Waals surface area contributed by atoms with Crippen molar-refractivity contribution in [1.29, 1.82) is 0 Å². The van der Waals surface area contributed by atoms with E-state index in [4.69, 9.17) is 10.2 Å². The molecule has 1 aromatic rings. The number of carboxylic acids is 1. The summed E-state index contributed by atoms with van der Waals surface area (Å²) in [6, 6.07) is 3.27. The van der Waals surface area contributed by atoms with E-state index in [-0.39, 0.29) is 6.61 Å². The van der Waals surface area contributed by atoms with Crippen LogP contribution in [0.3, 0.4) is 0 Å². The van der Waals surface area contributed by atoms with Crippen LogP contribution in [0.5, 0.6) is 0 Å². The molecule has 0 spiro atoms. The van der Waals surface area contributed by atoms with E-state index in [1.54, 1.807) is 12.1 Å². The minimum absolute atomic E-state index is 0.233. The summed E-state index contributed by atoms with van der Waals surface area (Å²) in [7, 11) is 0. The van der Waals surface area contributed by atoms with Crippen LogP contribution in [0.15, 0.2) is 12.1 Å². The van der Waals surface area contributed by atoms with Gasteiger partial charge in [0.15, 0.2) is 0 Å². The molecule has 1 aromatic heterocycles. The number of anilines is 1. The minimum Gasteiger partial charge on any atom is -0.478 e. The van der Waals surface area contributed by atoms with Crippen LogP contribution in [0.1, 0.15) is 35.8 Å². The molecule has 1 fully saturated rings. The van der Waals surface area contributed by atoms with Crippen molar-refractivity contribution >= 4 is 11.8 Å². The van der Waals surface area contributed by atoms with E-state index in [0.717, 1.165) is 43.9 Å². The van der Waals surface area contributed by atoms with Crippen LogP contribution in [0.4, 0.5) is 5.82 Å². The van der Waals surface area contributed by atoms with Crippen LogP contribution >= 0.6 is 0 Å². The second-order valence-corrected chi connectivity index (χ2v) is 4.98. The first kappa shape index (κ1) is 13.8. The Kier molecular flexibility index (Phi) is 4.37. The Morgan fingerprint density at radius 3 is 2.63 bits per heavy atom. The molecule has 0 aromatic carbocycles. The Hall–Kier alpha value is -1.62. The highest BCUT2D eigenvalue weighted by Gasteiger charge is 2.20. The minimum atomic E-state index is -0.913. The lowest BCUT2D eigenvalue weighted by molar-refractivity contribution is 0.0696. The standard InChI is InChI=1S/C14H20N2O3/c1-2-12-7-11(14(18)19)8-13(15-12)16-5-3-10(9-17)4-6-16/h7-8,10,17H,2-6,9H2,1H3,(H,18,19). The molecule has 1 aliphatic rings. The number of rotatable bonds is 4. The Balaban J connectivity index is 2.20. The van der Waals surface area contributed by atoms with E-state index >= 15 is 0 Å². The summed E-state index contributed by atoms with van der Waals surface area (Å²) in [5.41, 5.74) is 1.10. The summed E-state index contributed by atoms with van der Waals surface area (Å²) in [4.78, 5) is 17.7. The molecule has 2 rings (SSSR count). The molecule has 0 amide bonds. The Morgan fingerprint density at radius 1 is 1.42 bits per heavy atom. The van der Waals surface area contributed by atoms with E-state index in [0.29, 0.717) is 11.5 Å². The summed E-state index contributed by atoms with van der Waals surface area (Å²) in [5, 5.41) is 18.3. The predicted octanol–water partition coefficient (Wildman–Crippen LogP) is 1.55. The summed E-state index contributed by atoms with van der Waals surface area (Å²) in [6.07, 6.45) is 2.58. The fourth-order valence-corrected chi connectivity index (χ4v) is 2.38. The molecule has 19 heavy (non-hydrogen) atoms. The van der Waals surface area contributed by atoms with Gasteiger partial charge in [0.25, 0.3) is 0 Å². The smallest absolute Gasteiger partial charge is 0.335 e. The van der Waals surface area contributed by atoms with Crippen molar-refractivity contribution < 1.29 is 15.0 Å². The van der Waals surface area contributed by atoms with Gasteiger partial charge >= 0.3 is 5.97 Å². The zero-order chi connectivity index (χ0) is 13.8. The largest absolute Gasteiger partial charge is 0.478 e. The van der Waals surface area contributed by atoms with E-state index in [1.807, 2.05) is 6.92 Å². The van der Waals surface area contributed by atoms with Crippen LogP contribution in [0.25, 0.3) is 0 Å². The van der Waals surface area contributed by atoms with Gasteiger partial charge in [0, 0.05) is 25.4 Å². The third kappa shape index (κ3) is 3.23. The first-order valence-electron chi connectivity index (χ1n) is 6.74. The number of aromatic nitrogens is 1. The maximum absolute atomic E-state index is 11.1. The number of hydrogen-bond acceptors (Lipinski definition) is 4. The van der Waals surface area contributed by atoms with Gasteiger partial charge < -0.3 is 15.1 Å². The molecule has 5 heteroatoms. The lowest BCUT2D eigenvalue weighted by atomic mass is 9.98. The van der Waals surface area contributed by atoms with Crippen LogP contribution in [-0.2, 0) is 6.42 Å². The van der Waals surface area contributed by atoms with Gasteiger partial charge in [-0.15, -0.1) is 0 Å². The fourth-order valence-electron chi connectivity index (χ4n) is 2.38. The molecular weight excluding hydrogens is 244 g/mol. The van der Waals surface area contributed by atoms with E-state index in [1.165, 1.54) is 0 Å². The topological polar surface area (TPSA) is 73.7 Å². The average Bonchev–Trinajstić information content (AvgIpc) is 2.46. The zero-order valence-corrected chi connectivity index (χ0v) is 11.2. The number of nitrogens with zero attached hydrogens (tertiary/aromatic N) is 2. The summed E-state index contributed by atoms with van der Waals surface area (Å²) >= 11 is 0. The lowest BCUT2D eigenvalue weighted by Gasteiger charge is -2.32. The Bertz CT molecular complexity index is 454. The molecule has 2 heterocycles. The van der Waals surface area contributed by atoms with Crippen LogP contribution in [0, 0.1) is 5.92 Å². The van der Waals surface area contributed by atoms with Crippen LogP contribution < -0.4 is 4.90 Å². The summed E-state index contributed by atoms with van der Waals surface area (Å²) < 4.78 is 0. The molecule has 0 bridgehead atoms. The third-order valence-corrected chi connectivity index (χ3v) is 3.67. The molecule has 1 saturated heterocycles. The van der Waals surface area contributed by atoms with E-state index in [2.05, 4.69) is 9.88 Å². The Morgan fingerprint density at radius 2 is 2.11 bits per heavy atom. The number of piperidine rings is 1. The quantitative estimate of drug-likeness (QED) is 0.863.